The van der Waals surface area contributed by atoms with Crippen molar-refractivity contribution < 1.29 is 13.3 Å². The van der Waals surface area contributed by atoms with E-state index in [1.54, 1.807) is 18.5 Å². The Morgan fingerprint density at radius 1 is 1.03 bits per heavy atom. The molecule has 35 heavy (non-hydrogen) atoms. The summed E-state index contributed by atoms with van der Waals surface area (Å²) < 4.78 is 34.0. The minimum absolute atomic E-state index is 0.338. The number of aromatic amines is 1. The Bertz CT molecular complexity index is 1430. The molecular weight excluding hydrogens is 450 g/mol. The molecule has 1 atom stereocenters. The van der Waals surface area contributed by atoms with E-state index in [-0.39, 0.29) is 0 Å². The molecule has 4 aromatic rings. The molecule has 0 aromatic carbocycles. The van der Waals surface area contributed by atoms with Crippen LogP contribution >= 0.6 is 0 Å². The Labute approximate surface area is 200 Å². The van der Waals surface area contributed by atoms with Crippen molar-refractivity contribution in [1.29, 1.82) is 0 Å². The lowest BCUT2D eigenvalue weighted by Crippen LogP contribution is -2.44. The van der Waals surface area contributed by atoms with Crippen molar-refractivity contribution in [2.45, 2.75) is 12.3 Å². The summed E-state index contributed by atoms with van der Waals surface area (Å²) in [5.41, 5.74) is 3.71. The van der Waals surface area contributed by atoms with Gasteiger partial charge in [-0.2, -0.15) is 0 Å². The molecule has 2 aliphatic rings. The Kier molecular flexibility index (Phi) is 5.41. The Morgan fingerprint density at radius 2 is 1.86 bits per heavy atom. The van der Waals surface area contributed by atoms with Crippen LogP contribution in [0.5, 0.6) is 0 Å². The van der Waals surface area contributed by atoms with Gasteiger partial charge in [0.25, 0.3) is 0 Å². The van der Waals surface area contributed by atoms with Crippen molar-refractivity contribution in [1.82, 2.24) is 25.0 Å². The highest BCUT2D eigenvalue weighted by atomic mass is 19.2. The van der Waals surface area contributed by atoms with E-state index in [0.29, 0.717) is 29.0 Å². The van der Waals surface area contributed by atoms with Gasteiger partial charge < -0.3 is 19.3 Å². The van der Waals surface area contributed by atoms with Crippen molar-refractivity contribution in [3.05, 3.63) is 72.4 Å². The number of aromatic nitrogens is 4. The molecule has 6 rings (SSSR count). The smallest absolute Gasteiger partial charge is 0.172 e. The van der Waals surface area contributed by atoms with Crippen LogP contribution in [-0.2, 0) is 0 Å². The number of nitrogens with zero attached hydrogens (tertiary/aromatic N) is 5. The number of hydrogen-bond acceptors (Lipinski definition) is 6. The van der Waals surface area contributed by atoms with Crippen molar-refractivity contribution in [3.63, 3.8) is 0 Å². The molecule has 0 radical (unpaired) electrons. The van der Waals surface area contributed by atoms with Gasteiger partial charge in [0.1, 0.15) is 17.3 Å². The van der Waals surface area contributed by atoms with Gasteiger partial charge in [0.15, 0.2) is 11.6 Å². The van der Waals surface area contributed by atoms with Crippen LogP contribution in [-0.4, -0.2) is 58.2 Å². The number of piperazine rings is 1. The largest absolute Gasteiger partial charge is 0.356 e. The predicted molar refractivity (Wildman–Crippen MR) is 130 cm³/mol. The summed E-state index contributed by atoms with van der Waals surface area (Å²) in [6.07, 6.45) is 9.99. The number of pyridine rings is 2. The molecule has 1 N–H and O–H groups in total. The number of nitrogens with one attached hydrogen (secondary N) is 1. The number of rotatable bonds is 4. The molecule has 5 heterocycles. The number of hydrogen-bond donors (Lipinski definition) is 1. The summed E-state index contributed by atoms with van der Waals surface area (Å²) in [6.45, 7) is 3.96. The third kappa shape index (κ3) is 3.91. The molecule has 0 spiro atoms. The zero-order valence-corrected chi connectivity index (χ0v) is 19.2. The van der Waals surface area contributed by atoms with Crippen LogP contribution in [0.3, 0.4) is 0 Å². The number of halogens is 2. The maximum Gasteiger partial charge on any atom is 0.172 e. The monoisotopic (exact) mass is 474 g/mol. The highest BCUT2D eigenvalue weighted by Crippen LogP contribution is 2.42. The van der Waals surface area contributed by atoms with Gasteiger partial charge in [0.05, 0.1) is 6.20 Å². The first-order chi connectivity index (χ1) is 17.1. The first-order valence-electron chi connectivity index (χ1n) is 11.6. The fourth-order valence-corrected chi connectivity index (χ4v) is 4.75. The first kappa shape index (κ1) is 21.7. The molecule has 0 saturated carbocycles. The van der Waals surface area contributed by atoms with E-state index in [4.69, 9.17) is 4.52 Å². The SMILES string of the molecule is CN1CCN(c2ccc(-c3cnc4[nH]cc(-c5oncc5C5CC=CC(F)=C5F)c4c3)cn2)CC1. The van der Waals surface area contributed by atoms with Crippen LogP contribution in [0.25, 0.3) is 33.5 Å². The van der Waals surface area contributed by atoms with Gasteiger partial charge in [0, 0.05) is 78.3 Å². The summed E-state index contributed by atoms with van der Waals surface area (Å²) in [6, 6.07) is 6.09. The van der Waals surface area contributed by atoms with Gasteiger partial charge >= 0.3 is 0 Å². The van der Waals surface area contributed by atoms with Crippen LogP contribution < -0.4 is 4.90 Å². The Hall–Kier alpha value is -3.85. The van der Waals surface area contributed by atoms with Gasteiger partial charge in [-0.25, -0.2) is 18.7 Å². The van der Waals surface area contributed by atoms with Crippen LogP contribution in [0, 0.1) is 0 Å². The molecule has 1 unspecified atom stereocenters. The number of likely N-dealkylation sites (N-methyl/N-ethyl adjacent to an activating group) is 1. The fraction of sp³-hybridized carbons (Fsp3) is 0.269. The van der Waals surface area contributed by atoms with E-state index < -0.39 is 17.6 Å². The fourth-order valence-electron chi connectivity index (χ4n) is 4.75. The third-order valence-corrected chi connectivity index (χ3v) is 6.83. The minimum atomic E-state index is -0.858. The van der Waals surface area contributed by atoms with E-state index in [9.17, 15) is 8.78 Å². The molecule has 7 nitrogen and oxygen atoms in total. The summed E-state index contributed by atoms with van der Waals surface area (Å²) in [5.74, 6) is -1.06. The Morgan fingerprint density at radius 3 is 2.66 bits per heavy atom. The number of anilines is 1. The van der Waals surface area contributed by atoms with Crippen molar-refractivity contribution in [3.8, 4) is 22.5 Å². The average molecular weight is 475 g/mol. The second-order valence-corrected chi connectivity index (χ2v) is 9.01. The minimum Gasteiger partial charge on any atom is -0.356 e. The van der Waals surface area contributed by atoms with E-state index in [0.717, 1.165) is 54.6 Å². The topological polar surface area (TPSA) is 74.1 Å². The molecule has 1 aliphatic heterocycles. The molecule has 1 fully saturated rings. The summed E-state index contributed by atoms with van der Waals surface area (Å²) >= 11 is 0. The molecule has 0 amide bonds. The van der Waals surface area contributed by atoms with Gasteiger partial charge in [-0.3, -0.25) is 0 Å². The van der Waals surface area contributed by atoms with Crippen LogP contribution in [0.1, 0.15) is 17.9 Å². The number of H-pyrrole nitrogens is 1. The molecule has 0 bridgehead atoms. The van der Waals surface area contributed by atoms with Gasteiger partial charge in [-0.1, -0.05) is 11.2 Å². The molecule has 1 aliphatic carbocycles. The van der Waals surface area contributed by atoms with Crippen molar-refractivity contribution in [2.75, 3.05) is 38.1 Å². The highest BCUT2D eigenvalue weighted by Gasteiger charge is 2.29. The van der Waals surface area contributed by atoms with Crippen LogP contribution in [0.15, 0.2) is 71.3 Å². The molecule has 1 saturated heterocycles. The molecule has 9 heteroatoms. The summed E-state index contributed by atoms with van der Waals surface area (Å²) in [5, 5.41) is 4.70. The lowest BCUT2D eigenvalue weighted by molar-refractivity contribution is 0.312. The average Bonchev–Trinajstić information content (AvgIpc) is 3.53. The normalized spacial score (nSPS) is 19.2. The van der Waals surface area contributed by atoms with Crippen molar-refractivity contribution >= 4 is 16.9 Å². The maximum atomic E-state index is 14.6. The molecular formula is C26H24F2N6O. The third-order valence-electron chi connectivity index (χ3n) is 6.83. The zero-order valence-electron chi connectivity index (χ0n) is 19.2. The van der Waals surface area contributed by atoms with Gasteiger partial charge in [-0.15, -0.1) is 0 Å². The highest BCUT2D eigenvalue weighted by molar-refractivity contribution is 5.95. The van der Waals surface area contributed by atoms with Gasteiger partial charge in [0.2, 0.25) is 0 Å². The maximum absolute atomic E-state index is 14.6. The zero-order chi connectivity index (χ0) is 23.9. The lowest BCUT2D eigenvalue weighted by atomic mass is 9.90. The molecule has 4 aromatic heterocycles. The van der Waals surface area contributed by atoms with E-state index in [1.807, 2.05) is 24.4 Å². The van der Waals surface area contributed by atoms with Gasteiger partial charge in [-0.05, 0) is 37.7 Å². The Balaban J connectivity index is 1.33. The summed E-state index contributed by atoms with van der Waals surface area (Å²) in [7, 11) is 2.13. The second-order valence-electron chi connectivity index (χ2n) is 9.01. The molecule has 178 valence electrons. The number of fused-ring (bicyclic) bond motifs is 1. The van der Waals surface area contributed by atoms with Crippen LogP contribution in [0.2, 0.25) is 0 Å². The number of allylic oxidation sites excluding steroid dienone is 4. The quantitative estimate of drug-likeness (QED) is 0.437. The first-order valence-corrected chi connectivity index (χ1v) is 11.6. The lowest BCUT2D eigenvalue weighted by Gasteiger charge is -2.33. The summed E-state index contributed by atoms with van der Waals surface area (Å²) in [4.78, 5) is 17.0. The standard InChI is InChI=1S/C26H24F2N6O/c1-33-7-9-34(10-8-33)23-6-5-16(12-29-23)17-11-19-20(14-31-26(19)30-13-17)25-21(15-32-35-25)18-3-2-4-22(27)24(18)28/h2,4-6,11-15,18H,3,7-10H2,1H3,(H,30,31). The van der Waals surface area contributed by atoms with E-state index in [1.165, 1.54) is 6.20 Å². The van der Waals surface area contributed by atoms with Crippen molar-refractivity contribution in [2.24, 2.45) is 0 Å². The van der Waals surface area contributed by atoms with Crippen LogP contribution in [0.4, 0.5) is 14.6 Å². The predicted octanol–water partition coefficient (Wildman–Crippen LogP) is 5.23. The van der Waals surface area contributed by atoms with E-state index >= 15 is 0 Å². The van der Waals surface area contributed by atoms with E-state index in [2.05, 4.69) is 37.0 Å². The second kappa shape index (κ2) is 8.74.